The number of nitrogens with two attached hydrogens (primary N) is 1. The fraction of sp³-hybridized carbons (Fsp3) is 0.278. The summed E-state index contributed by atoms with van der Waals surface area (Å²) < 4.78 is 21.0. The van der Waals surface area contributed by atoms with Crippen LogP contribution in [0.3, 0.4) is 0 Å². The van der Waals surface area contributed by atoms with E-state index in [1.165, 1.54) is 0 Å². The Balaban J connectivity index is 1.55. The topological polar surface area (TPSA) is 105 Å². The number of benzene rings is 2. The second-order valence-electron chi connectivity index (χ2n) is 6.73. The first-order valence-electron chi connectivity index (χ1n) is 8.78. The van der Waals surface area contributed by atoms with Gasteiger partial charge in [-0.05, 0) is 53.3 Å². The summed E-state index contributed by atoms with van der Waals surface area (Å²) in [6.07, 6.45) is 1.20. The first-order valence-corrected chi connectivity index (χ1v) is 9.93. The van der Waals surface area contributed by atoms with E-state index in [1.807, 2.05) is 6.07 Å². The van der Waals surface area contributed by atoms with Crippen molar-refractivity contribution < 1.29 is 18.7 Å². The highest BCUT2D eigenvalue weighted by atomic mass is 32.2. The van der Waals surface area contributed by atoms with Crippen molar-refractivity contribution in [1.82, 2.24) is 4.90 Å². The number of carbonyl (C=O) groups excluding carboxylic acids is 1. The molecule has 1 unspecified atom stereocenters. The molecular weight excluding hydrogens is 365 g/mol. The maximum atomic E-state index is 12.9. The van der Waals surface area contributed by atoms with E-state index in [9.17, 15) is 14.0 Å². The van der Waals surface area contributed by atoms with Crippen LogP contribution in [0.2, 0.25) is 0 Å². The van der Waals surface area contributed by atoms with Gasteiger partial charge in [-0.1, -0.05) is 6.07 Å². The molecule has 27 heavy (non-hydrogen) atoms. The molecule has 1 amide bonds. The molecule has 140 valence electrons. The summed E-state index contributed by atoms with van der Waals surface area (Å²) in [6.45, 7) is 1.91. The van der Waals surface area contributed by atoms with Crippen LogP contribution in [0.25, 0.3) is 0 Å². The summed E-state index contributed by atoms with van der Waals surface area (Å²) in [5.74, 6) is 0.0166. The van der Waals surface area contributed by atoms with Crippen molar-refractivity contribution in [3.8, 4) is 0 Å². The van der Waals surface area contributed by atoms with Crippen LogP contribution in [0.5, 0.6) is 0 Å². The highest BCUT2D eigenvalue weighted by Gasteiger charge is 2.27. The van der Waals surface area contributed by atoms with Crippen molar-refractivity contribution in [1.29, 1.82) is 0 Å². The fourth-order valence-electron chi connectivity index (χ4n) is 3.20. The summed E-state index contributed by atoms with van der Waals surface area (Å²) in [5.41, 5.74) is 9.24. The number of fused-ring (bicyclic) bond motifs is 1. The Morgan fingerprint density at radius 2 is 2.11 bits per heavy atom. The Morgan fingerprint density at radius 1 is 1.30 bits per heavy atom. The lowest BCUT2D eigenvalue weighted by atomic mass is 9.79. The monoisotopic (exact) mass is 385 g/mol. The quantitative estimate of drug-likeness (QED) is 0.511. The summed E-state index contributed by atoms with van der Waals surface area (Å²) in [7, 11) is -2.54. The molecule has 2 aliphatic rings. The molecule has 2 heterocycles. The molecule has 4 rings (SSSR count). The zero-order valence-corrected chi connectivity index (χ0v) is 15.5. The molecule has 2 aromatic rings. The van der Waals surface area contributed by atoms with Gasteiger partial charge in [0.05, 0.1) is 17.9 Å². The van der Waals surface area contributed by atoms with E-state index in [0.29, 0.717) is 33.9 Å². The average molecular weight is 385 g/mol. The predicted molar refractivity (Wildman–Crippen MR) is 105 cm³/mol. The minimum Gasteiger partial charge on any atom is -0.423 e. The standard InChI is InChI=1S/C18H20BN3O4S/c20-14-3-5-17(13(8-14)9-18(23)22-6-1-7-22)27(25)21-15-4-2-12-11-26-19(24)16(12)10-15/h2-5,8,10,21,24H,1,6-7,9,11,20H2. The van der Waals surface area contributed by atoms with Crippen LogP contribution in [0.4, 0.5) is 11.4 Å². The number of hydrogen-bond donors (Lipinski definition) is 3. The molecule has 0 aromatic heterocycles. The van der Waals surface area contributed by atoms with Crippen LogP contribution in [-0.4, -0.2) is 40.2 Å². The van der Waals surface area contributed by atoms with Crippen molar-refractivity contribution >= 4 is 40.8 Å². The molecule has 0 bridgehead atoms. The van der Waals surface area contributed by atoms with E-state index in [2.05, 4.69) is 4.72 Å². The van der Waals surface area contributed by atoms with Gasteiger partial charge < -0.3 is 25.0 Å². The minimum atomic E-state index is -1.57. The molecule has 2 aromatic carbocycles. The van der Waals surface area contributed by atoms with Gasteiger partial charge in [-0.15, -0.1) is 0 Å². The summed E-state index contributed by atoms with van der Waals surface area (Å²) in [4.78, 5) is 14.6. The minimum absolute atomic E-state index is 0.0166. The van der Waals surface area contributed by atoms with E-state index in [0.717, 1.165) is 25.1 Å². The predicted octanol–water partition coefficient (Wildman–Crippen LogP) is 0.396. The average Bonchev–Trinajstić information content (AvgIpc) is 2.94. The molecule has 4 N–H and O–H groups in total. The highest BCUT2D eigenvalue weighted by Crippen LogP contribution is 2.22. The summed E-state index contributed by atoms with van der Waals surface area (Å²) >= 11 is 0. The number of rotatable bonds is 5. The summed E-state index contributed by atoms with van der Waals surface area (Å²) in [5, 5.41) is 9.83. The maximum absolute atomic E-state index is 12.9. The maximum Gasteiger partial charge on any atom is 0.491 e. The van der Waals surface area contributed by atoms with Gasteiger partial charge in [-0.25, -0.2) is 4.21 Å². The number of carbonyl (C=O) groups is 1. The number of nitrogens with one attached hydrogen (secondary N) is 1. The number of amides is 1. The molecule has 2 aliphatic heterocycles. The molecule has 0 radical (unpaired) electrons. The van der Waals surface area contributed by atoms with Gasteiger partial charge >= 0.3 is 7.12 Å². The van der Waals surface area contributed by atoms with Crippen molar-refractivity contribution in [2.24, 2.45) is 0 Å². The van der Waals surface area contributed by atoms with Crippen LogP contribution in [0, 0.1) is 0 Å². The third-order valence-corrected chi connectivity index (χ3v) is 6.07. The largest absolute Gasteiger partial charge is 0.491 e. The molecular formula is C18H20BN3O4S. The van der Waals surface area contributed by atoms with Crippen LogP contribution in [0.1, 0.15) is 17.5 Å². The van der Waals surface area contributed by atoms with Gasteiger partial charge in [0.1, 0.15) is 0 Å². The van der Waals surface area contributed by atoms with Crippen LogP contribution in [-0.2, 0) is 33.5 Å². The van der Waals surface area contributed by atoms with Crippen molar-refractivity contribution in [3.63, 3.8) is 0 Å². The lowest BCUT2D eigenvalue weighted by Crippen LogP contribution is -2.43. The first-order chi connectivity index (χ1) is 13.0. The van der Waals surface area contributed by atoms with E-state index in [-0.39, 0.29) is 12.3 Å². The molecule has 0 saturated carbocycles. The van der Waals surface area contributed by atoms with E-state index < -0.39 is 18.1 Å². The molecule has 0 spiro atoms. The smallest absolute Gasteiger partial charge is 0.423 e. The number of likely N-dealkylation sites (tertiary alicyclic amines) is 1. The van der Waals surface area contributed by atoms with Gasteiger partial charge in [0.2, 0.25) is 5.91 Å². The molecule has 7 nitrogen and oxygen atoms in total. The van der Waals surface area contributed by atoms with Crippen LogP contribution in [0.15, 0.2) is 41.3 Å². The Kier molecular flexibility index (Phi) is 4.90. The molecule has 0 aliphatic carbocycles. The zero-order chi connectivity index (χ0) is 19.0. The lowest BCUT2D eigenvalue weighted by Gasteiger charge is -2.31. The molecule has 1 atom stereocenters. The van der Waals surface area contributed by atoms with E-state index >= 15 is 0 Å². The van der Waals surface area contributed by atoms with Gasteiger partial charge in [0, 0.05) is 24.5 Å². The molecule has 1 fully saturated rings. The number of nitrogen functional groups attached to an aromatic ring is 1. The number of anilines is 2. The van der Waals surface area contributed by atoms with E-state index in [4.69, 9.17) is 10.4 Å². The second-order valence-corrected chi connectivity index (χ2v) is 7.91. The van der Waals surface area contributed by atoms with Gasteiger partial charge in [0.25, 0.3) is 0 Å². The van der Waals surface area contributed by atoms with Crippen LogP contribution < -0.4 is 15.9 Å². The third kappa shape index (κ3) is 3.71. The van der Waals surface area contributed by atoms with Gasteiger partial charge in [0.15, 0.2) is 11.0 Å². The zero-order valence-electron chi connectivity index (χ0n) is 14.7. The summed E-state index contributed by atoms with van der Waals surface area (Å²) in [6, 6.07) is 10.4. The first kappa shape index (κ1) is 18.0. The number of nitrogens with zero attached hydrogens (tertiary/aromatic N) is 1. The Morgan fingerprint density at radius 3 is 2.85 bits per heavy atom. The van der Waals surface area contributed by atoms with Crippen LogP contribution >= 0.6 is 0 Å². The Labute approximate surface area is 160 Å². The lowest BCUT2D eigenvalue weighted by molar-refractivity contribution is -0.133. The Hall–Kier alpha value is -2.36. The van der Waals surface area contributed by atoms with Crippen molar-refractivity contribution in [2.75, 3.05) is 23.5 Å². The fourth-order valence-corrected chi connectivity index (χ4v) is 4.21. The number of hydrogen-bond acceptors (Lipinski definition) is 5. The SMILES string of the molecule is Nc1ccc(S(=O)Nc2ccc3c(c2)B(O)OC3)c(CC(=O)N2CCC2)c1. The third-order valence-electron chi connectivity index (χ3n) is 4.85. The van der Waals surface area contributed by atoms with E-state index in [1.54, 1.807) is 35.2 Å². The second kappa shape index (κ2) is 7.34. The van der Waals surface area contributed by atoms with Gasteiger partial charge in [-0.2, -0.15) is 0 Å². The normalized spacial score (nSPS) is 16.6. The molecule has 9 heteroatoms. The molecule has 1 saturated heterocycles. The Bertz CT molecular complexity index is 919. The van der Waals surface area contributed by atoms with Gasteiger partial charge in [-0.3, -0.25) is 4.79 Å². The highest BCUT2D eigenvalue weighted by molar-refractivity contribution is 7.86. The van der Waals surface area contributed by atoms with Crippen molar-refractivity contribution in [3.05, 3.63) is 47.5 Å². The van der Waals surface area contributed by atoms with Crippen molar-refractivity contribution in [2.45, 2.75) is 24.3 Å².